The van der Waals surface area contributed by atoms with Gasteiger partial charge < -0.3 is 10.6 Å². The number of guanidine groups is 1. The lowest BCUT2D eigenvalue weighted by atomic mass is 10.2. The first-order valence-electron chi connectivity index (χ1n) is 7.55. The van der Waals surface area contributed by atoms with Gasteiger partial charge in [-0.1, -0.05) is 22.0 Å². The number of rotatable bonds is 6. The second-order valence-corrected chi connectivity index (χ2v) is 5.78. The van der Waals surface area contributed by atoms with Crippen molar-refractivity contribution in [2.75, 3.05) is 13.1 Å². The van der Waals surface area contributed by atoms with Crippen LogP contribution in [0.5, 0.6) is 0 Å². The number of hydrogen-bond acceptors (Lipinski definition) is 2. The molecule has 0 spiro atoms. The van der Waals surface area contributed by atoms with Crippen LogP contribution >= 0.6 is 39.9 Å². The predicted octanol–water partition coefficient (Wildman–Crippen LogP) is 3.90. The summed E-state index contributed by atoms with van der Waals surface area (Å²) >= 11 is 3.42. The van der Waals surface area contributed by atoms with Gasteiger partial charge in [-0.3, -0.25) is 4.98 Å². The standard InChI is InChI=1S/C17H20BrFN4.HI/c1-2-20-17(22-10-8-15-5-3-4-9-21-15)23-12-13-11-14(19)6-7-16(13)18;/h3-7,9,11H,2,8,10,12H2,1H3,(H2,20,22,23);1H. The van der Waals surface area contributed by atoms with Gasteiger partial charge in [0.2, 0.25) is 0 Å². The van der Waals surface area contributed by atoms with Crippen molar-refractivity contribution in [3.05, 3.63) is 64.1 Å². The van der Waals surface area contributed by atoms with E-state index in [1.54, 1.807) is 12.3 Å². The Morgan fingerprint density at radius 1 is 1.25 bits per heavy atom. The van der Waals surface area contributed by atoms with Crippen molar-refractivity contribution < 1.29 is 4.39 Å². The molecule has 0 fully saturated rings. The number of nitrogens with one attached hydrogen (secondary N) is 2. The summed E-state index contributed by atoms with van der Waals surface area (Å²) < 4.78 is 14.2. The van der Waals surface area contributed by atoms with Gasteiger partial charge in [0.15, 0.2) is 5.96 Å². The van der Waals surface area contributed by atoms with Gasteiger partial charge in [0.1, 0.15) is 5.82 Å². The van der Waals surface area contributed by atoms with Crippen LogP contribution in [0.25, 0.3) is 0 Å². The zero-order valence-corrected chi connectivity index (χ0v) is 17.3. The third-order valence-electron chi connectivity index (χ3n) is 3.16. The van der Waals surface area contributed by atoms with Gasteiger partial charge in [0.25, 0.3) is 0 Å². The topological polar surface area (TPSA) is 49.3 Å². The SMILES string of the molecule is CCNC(=NCc1cc(F)ccc1Br)NCCc1ccccn1.I. The molecule has 0 aliphatic carbocycles. The van der Waals surface area contributed by atoms with Crippen LogP contribution in [-0.4, -0.2) is 24.0 Å². The maximum Gasteiger partial charge on any atom is 0.191 e. The molecular formula is C17H21BrFIN4. The third kappa shape index (κ3) is 7.12. The monoisotopic (exact) mass is 506 g/mol. The molecule has 2 rings (SSSR count). The largest absolute Gasteiger partial charge is 0.357 e. The number of hydrogen-bond donors (Lipinski definition) is 2. The molecule has 130 valence electrons. The molecule has 2 N–H and O–H groups in total. The van der Waals surface area contributed by atoms with E-state index in [1.807, 2.05) is 25.1 Å². The highest BCUT2D eigenvalue weighted by molar-refractivity contribution is 14.0. The summed E-state index contributed by atoms with van der Waals surface area (Å²) in [7, 11) is 0. The van der Waals surface area contributed by atoms with Gasteiger partial charge in [0.05, 0.1) is 6.54 Å². The molecule has 0 amide bonds. The first-order chi connectivity index (χ1) is 11.2. The zero-order chi connectivity index (χ0) is 16.5. The Morgan fingerprint density at radius 2 is 2.08 bits per heavy atom. The molecule has 0 radical (unpaired) electrons. The lowest BCUT2D eigenvalue weighted by molar-refractivity contribution is 0.625. The highest BCUT2D eigenvalue weighted by Gasteiger charge is 2.03. The summed E-state index contributed by atoms with van der Waals surface area (Å²) in [6.45, 7) is 3.90. The lowest BCUT2D eigenvalue weighted by Gasteiger charge is -2.11. The molecule has 0 atom stereocenters. The van der Waals surface area contributed by atoms with Crippen LogP contribution in [0.4, 0.5) is 4.39 Å². The van der Waals surface area contributed by atoms with Crippen molar-refractivity contribution in [1.82, 2.24) is 15.6 Å². The van der Waals surface area contributed by atoms with Crippen molar-refractivity contribution in [2.24, 2.45) is 4.99 Å². The van der Waals surface area contributed by atoms with Crippen LogP contribution < -0.4 is 10.6 Å². The fourth-order valence-electron chi connectivity index (χ4n) is 2.03. The van der Waals surface area contributed by atoms with Crippen molar-refractivity contribution in [2.45, 2.75) is 19.9 Å². The second-order valence-electron chi connectivity index (χ2n) is 4.93. The molecule has 0 bridgehead atoms. The van der Waals surface area contributed by atoms with Crippen LogP contribution in [0, 0.1) is 5.82 Å². The zero-order valence-electron chi connectivity index (χ0n) is 13.4. The Balaban J connectivity index is 0.00000288. The number of halogens is 3. The van der Waals surface area contributed by atoms with E-state index in [2.05, 4.69) is 36.5 Å². The van der Waals surface area contributed by atoms with E-state index in [9.17, 15) is 4.39 Å². The normalized spacial score (nSPS) is 10.9. The molecule has 1 aromatic carbocycles. The van der Waals surface area contributed by atoms with Crippen LogP contribution in [0.1, 0.15) is 18.2 Å². The van der Waals surface area contributed by atoms with Gasteiger partial charge >= 0.3 is 0 Å². The van der Waals surface area contributed by atoms with E-state index < -0.39 is 0 Å². The minimum atomic E-state index is -0.258. The Labute approximate surface area is 167 Å². The smallest absolute Gasteiger partial charge is 0.191 e. The third-order valence-corrected chi connectivity index (χ3v) is 3.93. The van der Waals surface area contributed by atoms with E-state index in [4.69, 9.17) is 0 Å². The Bertz CT molecular complexity index is 652. The van der Waals surface area contributed by atoms with Crippen molar-refractivity contribution in [1.29, 1.82) is 0 Å². The molecule has 0 aliphatic rings. The Kier molecular flexibility index (Phi) is 9.85. The Hall–Kier alpha value is -1.22. The van der Waals surface area contributed by atoms with Gasteiger partial charge in [-0.15, -0.1) is 24.0 Å². The molecule has 0 saturated carbocycles. The number of aromatic nitrogens is 1. The average Bonchev–Trinajstić information content (AvgIpc) is 2.56. The quantitative estimate of drug-likeness (QED) is 0.355. The van der Waals surface area contributed by atoms with Crippen LogP contribution in [0.2, 0.25) is 0 Å². The first-order valence-corrected chi connectivity index (χ1v) is 8.34. The highest BCUT2D eigenvalue weighted by atomic mass is 127. The van der Waals surface area contributed by atoms with Crippen molar-refractivity contribution >= 4 is 45.9 Å². The number of nitrogens with zero attached hydrogens (tertiary/aromatic N) is 2. The van der Waals surface area contributed by atoms with Gasteiger partial charge in [-0.2, -0.15) is 0 Å². The predicted molar refractivity (Wildman–Crippen MR) is 110 cm³/mol. The van der Waals surface area contributed by atoms with E-state index in [-0.39, 0.29) is 29.8 Å². The summed E-state index contributed by atoms with van der Waals surface area (Å²) in [5.74, 6) is 0.450. The Morgan fingerprint density at radius 3 is 2.79 bits per heavy atom. The van der Waals surface area contributed by atoms with Crippen LogP contribution in [-0.2, 0) is 13.0 Å². The van der Waals surface area contributed by atoms with Crippen molar-refractivity contribution in [3.8, 4) is 0 Å². The van der Waals surface area contributed by atoms with E-state index in [1.165, 1.54) is 12.1 Å². The van der Waals surface area contributed by atoms with Gasteiger partial charge in [-0.05, 0) is 42.8 Å². The molecule has 24 heavy (non-hydrogen) atoms. The summed E-state index contributed by atoms with van der Waals surface area (Å²) in [6, 6.07) is 10.5. The summed E-state index contributed by atoms with van der Waals surface area (Å²) in [5, 5.41) is 6.45. The van der Waals surface area contributed by atoms with Gasteiger partial charge in [-0.25, -0.2) is 9.38 Å². The minimum absolute atomic E-state index is 0. The fourth-order valence-corrected chi connectivity index (χ4v) is 2.40. The number of benzene rings is 1. The minimum Gasteiger partial charge on any atom is -0.357 e. The summed E-state index contributed by atoms with van der Waals surface area (Å²) in [4.78, 5) is 8.78. The highest BCUT2D eigenvalue weighted by Crippen LogP contribution is 2.18. The van der Waals surface area contributed by atoms with Gasteiger partial charge in [0, 0.05) is 35.9 Å². The molecule has 4 nitrogen and oxygen atoms in total. The first kappa shape index (κ1) is 20.8. The number of aliphatic imine (C=N–C) groups is 1. The molecule has 0 unspecified atom stereocenters. The molecular weight excluding hydrogens is 486 g/mol. The average molecular weight is 507 g/mol. The summed E-state index contributed by atoms with van der Waals surface area (Å²) in [5.41, 5.74) is 1.84. The molecule has 0 aliphatic heterocycles. The maximum absolute atomic E-state index is 13.3. The molecule has 1 heterocycles. The number of pyridine rings is 1. The second kappa shape index (κ2) is 11.4. The molecule has 2 aromatic rings. The molecule has 0 saturated heterocycles. The van der Waals surface area contributed by atoms with E-state index in [0.717, 1.165) is 35.2 Å². The maximum atomic E-state index is 13.3. The fraction of sp³-hybridized carbons (Fsp3) is 0.294. The molecule has 1 aromatic heterocycles. The molecule has 7 heteroatoms. The van der Waals surface area contributed by atoms with E-state index in [0.29, 0.717) is 12.5 Å². The van der Waals surface area contributed by atoms with Crippen LogP contribution in [0.3, 0.4) is 0 Å². The summed E-state index contributed by atoms with van der Waals surface area (Å²) in [6.07, 6.45) is 2.60. The lowest BCUT2D eigenvalue weighted by Crippen LogP contribution is -2.38. The van der Waals surface area contributed by atoms with Crippen LogP contribution in [0.15, 0.2) is 52.1 Å². The van der Waals surface area contributed by atoms with Crippen molar-refractivity contribution in [3.63, 3.8) is 0 Å². The van der Waals surface area contributed by atoms with E-state index >= 15 is 0 Å².